The molecule has 0 atom stereocenters. The van der Waals surface area contributed by atoms with Crippen LogP contribution in [0.4, 0.5) is 11.5 Å². The fourth-order valence-corrected chi connectivity index (χ4v) is 2.65. The molecule has 0 aliphatic carbocycles. The van der Waals surface area contributed by atoms with Crippen LogP contribution in [0.5, 0.6) is 0 Å². The number of nitrogens with zero attached hydrogens (tertiary/aromatic N) is 3. The summed E-state index contributed by atoms with van der Waals surface area (Å²) in [6.45, 7) is 5.84. The Labute approximate surface area is 119 Å². The lowest BCUT2D eigenvalue weighted by Crippen LogP contribution is -2.42. The molecule has 4 heteroatoms. The second-order valence-corrected chi connectivity index (χ2v) is 5.17. The van der Waals surface area contributed by atoms with Crippen molar-refractivity contribution in [3.63, 3.8) is 0 Å². The van der Waals surface area contributed by atoms with E-state index >= 15 is 0 Å². The Kier molecular flexibility index (Phi) is 3.56. The summed E-state index contributed by atoms with van der Waals surface area (Å²) in [6.07, 6.45) is 1.80. The molecule has 1 aliphatic rings. The van der Waals surface area contributed by atoms with Crippen LogP contribution in [-0.2, 0) is 13.1 Å². The number of aromatic nitrogens is 1. The summed E-state index contributed by atoms with van der Waals surface area (Å²) in [5, 5.41) is 0. The van der Waals surface area contributed by atoms with Gasteiger partial charge in [0.15, 0.2) is 0 Å². The van der Waals surface area contributed by atoms with E-state index in [2.05, 4.69) is 46.0 Å². The minimum Gasteiger partial charge on any atom is -0.398 e. The Morgan fingerprint density at radius 1 is 1.20 bits per heavy atom. The highest BCUT2D eigenvalue weighted by atomic mass is 15.4. The summed E-state index contributed by atoms with van der Waals surface area (Å²) in [5.74, 6) is 1.03. The summed E-state index contributed by atoms with van der Waals surface area (Å²) < 4.78 is 0. The van der Waals surface area contributed by atoms with Crippen molar-refractivity contribution in [1.29, 1.82) is 0 Å². The van der Waals surface area contributed by atoms with Gasteiger partial charge >= 0.3 is 0 Å². The molecule has 0 fully saturated rings. The second-order valence-electron chi connectivity index (χ2n) is 5.17. The van der Waals surface area contributed by atoms with Gasteiger partial charge in [0, 0.05) is 30.5 Å². The summed E-state index contributed by atoms with van der Waals surface area (Å²) >= 11 is 0. The Bertz CT molecular complexity index is 582. The molecule has 1 aliphatic heterocycles. The molecular formula is C16H20N4. The predicted molar refractivity (Wildman–Crippen MR) is 82.2 cm³/mol. The average Bonchev–Trinajstić information content (AvgIpc) is 2.49. The first kappa shape index (κ1) is 12.9. The maximum absolute atomic E-state index is 6.12. The molecule has 104 valence electrons. The third kappa shape index (κ3) is 2.47. The molecule has 2 aromatic rings. The average molecular weight is 268 g/mol. The normalized spacial score (nSPS) is 15.2. The van der Waals surface area contributed by atoms with Crippen LogP contribution >= 0.6 is 0 Å². The molecule has 0 radical (unpaired) electrons. The van der Waals surface area contributed by atoms with Crippen LogP contribution in [0.2, 0.25) is 0 Å². The first-order chi connectivity index (χ1) is 9.78. The zero-order chi connectivity index (χ0) is 13.9. The number of hydrogen-bond acceptors (Lipinski definition) is 4. The van der Waals surface area contributed by atoms with Gasteiger partial charge in [0.1, 0.15) is 5.82 Å². The fraction of sp³-hybridized carbons (Fsp3) is 0.312. The Morgan fingerprint density at radius 3 is 2.75 bits per heavy atom. The van der Waals surface area contributed by atoms with Crippen LogP contribution in [0.1, 0.15) is 18.1 Å². The van der Waals surface area contributed by atoms with Crippen molar-refractivity contribution in [2.45, 2.75) is 20.0 Å². The zero-order valence-electron chi connectivity index (χ0n) is 11.8. The number of fused-ring (bicyclic) bond motifs is 1. The van der Waals surface area contributed by atoms with Crippen molar-refractivity contribution in [2.24, 2.45) is 0 Å². The van der Waals surface area contributed by atoms with Crippen molar-refractivity contribution in [2.75, 3.05) is 23.8 Å². The van der Waals surface area contributed by atoms with Gasteiger partial charge in [0.2, 0.25) is 0 Å². The summed E-state index contributed by atoms with van der Waals surface area (Å²) in [5.41, 5.74) is 9.40. The van der Waals surface area contributed by atoms with Gasteiger partial charge in [-0.2, -0.15) is 0 Å². The minimum absolute atomic E-state index is 0.839. The van der Waals surface area contributed by atoms with Gasteiger partial charge in [-0.3, -0.25) is 4.90 Å². The number of anilines is 2. The molecule has 4 nitrogen and oxygen atoms in total. The van der Waals surface area contributed by atoms with Crippen molar-refractivity contribution in [3.05, 3.63) is 53.7 Å². The van der Waals surface area contributed by atoms with E-state index in [1.54, 1.807) is 6.20 Å². The van der Waals surface area contributed by atoms with Gasteiger partial charge < -0.3 is 10.6 Å². The maximum atomic E-state index is 6.12. The zero-order valence-corrected chi connectivity index (χ0v) is 11.8. The van der Waals surface area contributed by atoms with Crippen molar-refractivity contribution >= 4 is 11.5 Å². The van der Waals surface area contributed by atoms with Gasteiger partial charge in [-0.15, -0.1) is 0 Å². The predicted octanol–water partition coefficient (Wildman–Crippen LogP) is 2.46. The fourth-order valence-electron chi connectivity index (χ4n) is 2.65. The van der Waals surface area contributed by atoms with E-state index in [0.29, 0.717) is 0 Å². The van der Waals surface area contributed by atoms with Crippen molar-refractivity contribution in [3.8, 4) is 0 Å². The molecule has 1 aromatic heterocycles. The van der Waals surface area contributed by atoms with Gasteiger partial charge in [0.25, 0.3) is 0 Å². The molecule has 3 rings (SSSR count). The third-order valence-electron chi connectivity index (χ3n) is 3.78. The lowest BCUT2D eigenvalue weighted by molar-refractivity contribution is 0.263. The highest BCUT2D eigenvalue weighted by Crippen LogP contribution is 2.30. The summed E-state index contributed by atoms with van der Waals surface area (Å²) in [4.78, 5) is 9.22. The summed E-state index contributed by atoms with van der Waals surface area (Å²) in [7, 11) is 0. The minimum atomic E-state index is 0.839. The van der Waals surface area contributed by atoms with Crippen LogP contribution in [0, 0.1) is 0 Å². The van der Waals surface area contributed by atoms with Crippen LogP contribution in [0.15, 0.2) is 42.6 Å². The standard InChI is InChI=1S/C16H20N4/c1-2-19-11-14-15(17)8-9-18-16(14)20(12-19)10-13-6-4-3-5-7-13/h3-9H,2,10-12H2,1H3,(H2,17,18). The van der Waals surface area contributed by atoms with Crippen LogP contribution in [-0.4, -0.2) is 23.1 Å². The number of nitrogens with two attached hydrogens (primary N) is 1. The van der Waals surface area contributed by atoms with Gasteiger partial charge in [0.05, 0.1) is 6.67 Å². The monoisotopic (exact) mass is 268 g/mol. The molecule has 20 heavy (non-hydrogen) atoms. The highest BCUT2D eigenvalue weighted by molar-refractivity contribution is 5.61. The molecule has 2 N–H and O–H groups in total. The molecule has 0 saturated carbocycles. The Balaban J connectivity index is 1.93. The van der Waals surface area contributed by atoms with E-state index in [9.17, 15) is 0 Å². The third-order valence-corrected chi connectivity index (χ3v) is 3.78. The van der Waals surface area contributed by atoms with Gasteiger partial charge in [-0.05, 0) is 18.2 Å². The smallest absolute Gasteiger partial charge is 0.136 e. The Morgan fingerprint density at radius 2 is 2.00 bits per heavy atom. The Hall–Kier alpha value is -2.07. The van der Waals surface area contributed by atoms with E-state index in [4.69, 9.17) is 5.73 Å². The SMILES string of the molecule is CCN1Cc2c(N)ccnc2N(Cc2ccccc2)C1. The van der Waals surface area contributed by atoms with E-state index in [1.807, 2.05) is 12.1 Å². The molecule has 0 saturated heterocycles. The maximum Gasteiger partial charge on any atom is 0.136 e. The van der Waals surface area contributed by atoms with E-state index < -0.39 is 0 Å². The summed E-state index contributed by atoms with van der Waals surface area (Å²) in [6, 6.07) is 12.4. The lowest BCUT2D eigenvalue weighted by Gasteiger charge is -2.37. The topological polar surface area (TPSA) is 45.4 Å². The number of nitrogen functional groups attached to an aromatic ring is 1. The van der Waals surface area contributed by atoms with E-state index in [-0.39, 0.29) is 0 Å². The number of pyridine rings is 1. The van der Waals surface area contributed by atoms with Gasteiger partial charge in [-0.1, -0.05) is 37.3 Å². The molecule has 0 bridgehead atoms. The largest absolute Gasteiger partial charge is 0.398 e. The molecule has 0 unspecified atom stereocenters. The number of hydrogen-bond donors (Lipinski definition) is 1. The molecule has 0 spiro atoms. The highest BCUT2D eigenvalue weighted by Gasteiger charge is 2.24. The van der Waals surface area contributed by atoms with Gasteiger partial charge in [-0.25, -0.2) is 4.98 Å². The first-order valence-corrected chi connectivity index (χ1v) is 7.02. The van der Waals surface area contributed by atoms with Crippen molar-refractivity contribution < 1.29 is 0 Å². The van der Waals surface area contributed by atoms with Crippen molar-refractivity contribution in [1.82, 2.24) is 9.88 Å². The van der Waals surface area contributed by atoms with E-state index in [1.165, 1.54) is 5.56 Å². The lowest BCUT2D eigenvalue weighted by atomic mass is 10.1. The van der Waals surface area contributed by atoms with Crippen LogP contribution < -0.4 is 10.6 Å². The number of benzene rings is 1. The number of rotatable bonds is 3. The van der Waals surface area contributed by atoms with E-state index in [0.717, 1.165) is 43.4 Å². The van der Waals surface area contributed by atoms with Crippen LogP contribution in [0.25, 0.3) is 0 Å². The molecule has 1 aromatic carbocycles. The molecule has 2 heterocycles. The molecular weight excluding hydrogens is 248 g/mol. The van der Waals surface area contributed by atoms with Crippen LogP contribution in [0.3, 0.4) is 0 Å². The first-order valence-electron chi connectivity index (χ1n) is 7.02. The molecule has 0 amide bonds. The quantitative estimate of drug-likeness (QED) is 0.929. The second kappa shape index (κ2) is 5.51.